The summed E-state index contributed by atoms with van der Waals surface area (Å²) < 4.78 is 11.8. The lowest BCUT2D eigenvalue weighted by molar-refractivity contribution is 0.387. The Morgan fingerprint density at radius 3 is 2.21 bits per heavy atom. The van der Waals surface area contributed by atoms with Gasteiger partial charge in [0, 0.05) is 4.88 Å². The van der Waals surface area contributed by atoms with Gasteiger partial charge in [0.2, 0.25) is 0 Å². The molecular formula is C13H11Br2ClO2S. The third-order valence-corrected chi connectivity index (χ3v) is 6.43. The number of benzene rings is 1. The van der Waals surface area contributed by atoms with Crippen molar-refractivity contribution in [2.45, 2.75) is 4.83 Å². The zero-order chi connectivity index (χ0) is 14.0. The molecule has 1 aromatic carbocycles. The fourth-order valence-corrected chi connectivity index (χ4v) is 4.36. The van der Waals surface area contributed by atoms with Crippen molar-refractivity contribution in [1.82, 2.24) is 0 Å². The molecule has 1 heterocycles. The largest absolute Gasteiger partial charge is 0.496 e. The fourth-order valence-electron chi connectivity index (χ4n) is 1.76. The van der Waals surface area contributed by atoms with Crippen LogP contribution in [0.25, 0.3) is 0 Å². The van der Waals surface area contributed by atoms with Gasteiger partial charge in [-0.2, -0.15) is 0 Å². The monoisotopic (exact) mass is 424 g/mol. The average Bonchev–Trinajstić information content (AvgIpc) is 2.76. The first-order chi connectivity index (χ1) is 9.08. The lowest BCUT2D eigenvalue weighted by atomic mass is 10.1. The van der Waals surface area contributed by atoms with Gasteiger partial charge in [-0.05, 0) is 34.1 Å². The van der Waals surface area contributed by atoms with E-state index in [1.54, 1.807) is 25.6 Å². The molecule has 0 radical (unpaired) electrons. The second kappa shape index (κ2) is 6.48. The SMILES string of the molecule is COc1cccc(OC)c1C(Br)c1cc(Cl)c(Br)s1. The first-order valence-corrected chi connectivity index (χ1v) is 8.28. The van der Waals surface area contributed by atoms with Gasteiger partial charge >= 0.3 is 0 Å². The molecule has 6 heteroatoms. The van der Waals surface area contributed by atoms with Crippen LogP contribution in [-0.2, 0) is 0 Å². The van der Waals surface area contributed by atoms with E-state index in [4.69, 9.17) is 21.1 Å². The fraction of sp³-hybridized carbons (Fsp3) is 0.231. The Morgan fingerprint density at radius 2 is 1.79 bits per heavy atom. The molecule has 0 aliphatic rings. The van der Waals surface area contributed by atoms with Crippen molar-refractivity contribution in [2.24, 2.45) is 0 Å². The molecule has 1 aromatic heterocycles. The van der Waals surface area contributed by atoms with E-state index in [0.717, 1.165) is 25.7 Å². The van der Waals surface area contributed by atoms with Crippen molar-refractivity contribution in [3.8, 4) is 11.5 Å². The number of rotatable bonds is 4. The highest BCUT2D eigenvalue weighted by atomic mass is 79.9. The molecule has 0 aliphatic carbocycles. The number of thiophene rings is 1. The van der Waals surface area contributed by atoms with Gasteiger partial charge in [0.25, 0.3) is 0 Å². The molecule has 1 unspecified atom stereocenters. The minimum atomic E-state index is -0.0348. The van der Waals surface area contributed by atoms with Gasteiger partial charge in [0.05, 0.1) is 33.4 Å². The van der Waals surface area contributed by atoms with Crippen LogP contribution in [0.3, 0.4) is 0 Å². The molecule has 0 N–H and O–H groups in total. The number of ether oxygens (including phenoxy) is 2. The summed E-state index contributed by atoms with van der Waals surface area (Å²) in [5.74, 6) is 1.56. The molecule has 0 fully saturated rings. The zero-order valence-electron chi connectivity index (χ0n) is 10.2. The molecule has 0 bridgehead atoms. The normalized spacial score (nSPS) is 12.3. The quantitative estimate of drug-likeness (QED) is 0.587. The Kier molecular flexibility index (Phi) is 5.17. The third-order valence-electron chi connectivity index (χ3n) is 2.63. The van der Waals surface area contributed by atoms with Crippen LogP contribution in [-0.4, -0.2) is 14.2 Å². The van der Waals surface area contributed by atoms with E-state index in [-0.39, 0.29) is 4.83 Å². The second-order valence-electron chi connectivity index (χ2n) is 3.71. The van der Waals surface area contributed by atoms with E-state index < -0.39 is 0 Å². The Bertz CT molecular complexity index is 544. The van der Waals surface area contributed by atoms with E-state index in [0.29, 0.717) is 5.02 Å². The lowest BCUT2D eigenvalue weighted by Crippen LogP contribution is -1.99. The molecule has 102 valence electrons. The van der Waals surface area contributed by atoms with Crippen LogP contribution in [0.5, 0.6) is 11.5 Å². The summed E-state index contributed by atoms with van der Waals surface area (Å²) in [6.07, 6.45) is 0. The predicted molar refractivity (Wildman–Crippen MR) is 87.3 cm³/mol. The number of hydrogen-bond acceptors (Lipinski definition) is 3. The number of methoxy groups -OCH3 is 2. The average molecular weight is 427 g/mol. The predicted octanol–water partition coefficient (Wildman–Crippen LogP) is 5.67. The smallest absolute Gasteiger partial charge is 0.127 e. The van der Waals surface area contributed by atoms with Crippen LogP contribution in [0.2, 0.25) is 5.02 Å². The van der Waals surface area contributed by atoms with Crippen molar-refractivity contribution < 1.29 is 9.47 Å². The van der Waals surface area contributed by atoms with Gasteiger partial charge in [0.15, 0.2) is 0 Å². The number of alkyl halides is 1. The maximum Gasteiger partial charge on any atom is 0.127 e. The van der Waals surface area contributed by atoms with Crippen LogP contribution >= 0.6 is 54.8 Å². The lowest BCUT2D eigenvalue weighted by Gasteiger charge is -2.16. The Labute approximate surface area is 137 Å². The van der Waals surface area contributed by atoms with Crippen LogP contribution < -0.4 is 9.47 Å². The highest BCUT2D eigenvalue weighted by Gasteiger charge is 2.22. The molecule has 19 heavy (non-hydrogen) atoms. The number of hydrogen-bond donors (Lipinski definition) is 0. The molecular weight excluding hydrogens is 415 g/mol. The minimum Gasteiger partial charge on any atom is -0.496 e. The van der Waals surface area contributed by atoms with Gasteiger partial charge in [-0.3, -0.25) is 0 Å². The molecule has 0 amide bonds. The summed E-state index contributed by atoms with van der Waals surface area (Å²) >= 11 is 14.8. The van der Waals surface area contributed by atoms with Crippen molar-refractivity contribution in [2.75, 3.05) is 14.2 Å². The van der Waals surface area contributed by atoms with Gasteiger partial charge in [0.1, 0.15) is 11.5 Å². The first kappa shape index (κ1) is 15.2. The van der Waals surface area contributed by atoms with Crippen LogP contribution in [0.15, 0.2) is 28.1 Å². The standard InChI is InChI=1S/C13H11Br2ClO2S/c1-17-8-4-3-5-9(18-2)11(8)12(14)10-6-7(16)13(15)19-10/h3-6,12H,1-2H3. The van der Waals surface area contributed by atoms with E-state index in [1.807, 2.05) is 24.3 Å². The van der Waals surface area contributed by atoms with Crippen LogP contribution in [0.4, 0.5) is 0 Å². The molecule has 0 aliphatic heterocycles. The van der Waals surface area contributed by atoms with Crippen molar-refractivity contribution >= 4 is 54.8 Å². The summed E-state index contributed by atoms with van der Waals surface area (Å²) in [4.78, 5) is 1.05. The topological polar surface area (TPSA) is 18.5 Å². The highest BCUT2D eigenvalue weighted by Crippen LogP contribution is 2.46. The Balaban J connectivity index is 2.50. The molecule has 2 nitrogen and oxygen atoms in total. The van der Waals surface area contributed by atoms with Crippen molar-refractivity contribution in [3.63, 3.8) is 0 Å². The first-order valence-electron chi connectivity index (χ1n) is 5.38. The van der Waals surface area contributed by atoms with Crippen molar-refractivity contribution in [3.05, 3.63) is 43.5 Å². The maximum absolute atomic E-state index is 6.09. The zero-order valence-corrected chi connectivity index (χ0v) is 15.0. The summed E-state index contributed by atoms with van der Waals surface area (Å²) in [5, 5.41) is 0.707. The van der Waals surface area contributed by atoms with Gasteiger partial charge in [-0.15, -0.1) is 11.3 Å². The van der Waals surface area contributed by atoms with Gasteiger partial charge < -0.3 is 9.47 Å². The second-order valence-corrected chi connectivity index (χ2v) is 7.43. The number of halogens is 3. The minimum absolute atomic E-state index is 0.0348. The summed E-state index contributed by atoms with van der Waals surface area (Å²) in [6.45, 7) is 0. The molecule has 0 spiro atoms. The highest BCUT2D eigenvalue weighted by molar-refractivity contribution is 9.11. The summed E-state index contributed by atoms with van der Waals surface area (Å²) in [6, 6.07) is 7.66. The Morgan fingerprint density at radius 1 is 1.21 bits per heavy atom. The summed E-state index contributed by atoms with van der Waals surface area (Å²) in [7, 11) is 3.30. The maximum atomic E-state index is 6.09. The third kappa shape index (κ3) is 3.10. The van der Waals surface area contributed by atoms with Crippen LogP contribution in [0, 0.1) is 0 Å². The summed E-state index contributed by atoms with van der Waals surface area (Å²) in [5.41, 5.74) is 0.956. The molecule has 1 atom stereocenters. The molecule has 0 saturated heterocycles. The van der Waals surface area contributed by atoms with Gasteiger partial charge in [-0.1, -0.05) is 33.6 Å². The van der Waals surface area contributed by atoms with E-state index in [2.05, 4.69) is 31.9 Å². The molecule has 2 rings (SSSR count). The van der Waals surface area contributed by atoms with Crippen LogP contribution in [0.1, 0.15) is 15.3 Å². The van der Waals surface area contributed by atoms with E-state index in [9.17, 15) is 0 Å². The molecule has 2 aromatic rings. The van der Waals surface area contributed by atoms with E-state index >= 15 is 0 Å². The molecule has 0 saturated carbocycles. The van der Waals surface area contributed by atoms with E-state index in [1.165, 1.54) is 0 Å². The Hall–Kier alpha value is -0.230. The van der Waals surface area contributed by atoms with Crippen molar-refractivity contribution in [1.29, 1.82) is 0 Å². The van der Waals surface area contributed by atoms with Gasteiger partial charge in [-0.25, -0.2) is 0 Å².